The van der Waals surface area contributed by atoms with E-state index in [1.807, 2.05) is 30.6 Å². The zero-order chi connectivity index (χ0) is 23.4. The number of ether oxygens (including phenoxy) is 2. The van der Waals surface area contributed by atoms with Gasteiger partial charge in [0.25, 0.3) is 0 Å². The van der Waals surface area contributed by atoms with Gasteiger partial charge in [-0.15, -0.1) is 23.7 Å². The normalized spacial score (nSPS) is 24.2. The minimum absolute atomic E-state index is 0. The second-order valence-electron chi connectivity index (χ2n) is 8.77. The van der Waals surface area contributed by atoms with Crippen molar-refractivity contribution >= 4 is 35.6 Å². The van der Waals surface area contributed by atoms with Crippen LogP contribution in [0.15, 0.2) is 23.7 Å². The van der Waals surface area contributed by atoms with E-state index in [4.69, 9.17) is 9.47 Å². The molecule has 1 saturated heterocycles. The molecule has 4 rings (SSSR count). The minimum Gasteiger partial charge on any atom is -0.490 e. The monoisotopic (exact) mass is 509 g/mol. The van der Waals surface area contributed by atoms with Gasteiger partial charge in [0.15, 0.2) is 0 Å². The predicted octanol–water partition coefficient (Wildman–Crippen LogP) is 2.99. The van der Waals surface area contributed by atoms with E-state index in [0.29, 0.717) is 19.5 Å². The second-order valence-corrected chi connectivity index (χ2v) is 9.63. The summed E-state index contributed by atoms with van der Waals surface area (Å²) in [5.74, 6) is 0.402. The zero-order valence-corrected chi connectivity index (χ0v) is 21.0. The number of aliphatic hydroxyl groups excluding tert-OH is 1. The van der Waals surface area contributed by atoms with Crippen LogP contribution < -0.4 is 15.4 Å². The van der Waals surface area contributed by atoms with E-state index >= 15 is 0 Å². The predicted molar refractivity (Wildman–Crippen MR) is 132 cm³/mol. The van der Waals surface area contributed by atoms with Gasteiger partial charge >= 0.3 is 5.97 Å². The van der Waals surface area contributed by atoms with Crippen LogP contribution in [0, 0.1) is 12.8 Å². The molecule has 1 saturated carbocycles. The SMILES string of the molecule is COC(=O)C1CCC(Oc2cc(-c3scnc3C)ccc2CNC(=O)[C@@H]2C[C@@H](O)CN2)CC1.Cl. The van der Waals surface area contributed by atoms with Gasteiger partial charge in [0, 0.05) is 18.7 Å². The van der Waals surface area contributed by atoms with Crippen molar-refractivity contribution in [1.82, 2.24) is 15.6 Å². The van der Waals surface area contributed by atoms with Crippen molar-refractivity contribution in [1.29, 1.82) is 0 Å². The minimum atomic E-state index is -0.485. The number of aliphatic hydroxyl groups is 1. The molecule has 8 nitrogen and oxygen atoms in total. The molecule has 2 fully saturated rings. The summed E-state index contributed by atoms with van der Waals surface area (Å²) >= 11 is 1.58. The number of aromatic nitrogens is 1. The third-order valence-corrected chi connectivity index (χ3v) is 7.43. The Morgan fingerprint density at radius 3 is 2.65 bits per heavy atom. The number of hydrogen-bond donors (Lipinski definition) is 3. The number of β-amino-alcohol motifs (C(OH)–C–C–N with tert-alkyl or cyclic N) is 1. The van der Waals surface area contributed by atoms with Crippen LogP contribution in [-0.2, 0) is 20.9 Å². The zero-order valence-electron chi connectivity index (χ0n) is 19.4. The number of nitrogens with one attached hydrogen (secondary N) is 2. The highest BCUT2D eigenvalue weighted by molar-refractivity contribution is 7.13. The number of amides is 1. The van der Waals surface area contributed by atoms with Gasteiger partial charge in [0.1, 0.15) is 5.75 Å². The molecule has 2 aromatic rings. The highest BCUT2D eigenvalue weighted by Gasteiger charge is 2.29. The maximum atomic E-state index is 12.5. The van der Waals surface area contributed by atoms with Crippen LogP contribution in [0.4, 0.5) is 0 Å². The number of carbonyl (C=O) groups excluding carboxylic acids is 2. The van der Waals surface area contributed by atoms with Gasteiger partial charge in [-0.05, 0) is 50.7 Å². The summed E-state index contributed by atoms with van der Waals surface area (Å²) in [5, 5.41) is 15.7. The van der Waals surface area contributed by atoms with Gasteiger partial charge in [-0.1, -0.05) is 12.1 Å². The highest BCUT2D eigenvalue weighted by atomic mass is 35.5. The van der Waals surface area contributed by atoms with Gasteiger partial charge in [-0.2, -0.15) is 0 Å². The standard InChI is InChI=1S/C24H31N3O5S.ClH/c1-14-22(33-13-27-14)16-3-4-17(11-26-23(29)20-10-18(28)12-25-20)21(9-16)32-19-7-5-15(6-8-19)24(30)31-2;/h3-4,9,13,15,18-20,25,28H,5-8,10-12H2,1-2H3,(H,26,29);1H/t15?,18-,19?,20+;/m1./s1. The molecular weight excluding hydrogens is 478 g/mol. The van der Waals surface area contributed by atoms with Crippen molar-refractivity contribution in [3.8, 4) is 16.2 Å². The quantitative estimate of drug-likeness (QED) is 0.492. The molecule has 2 aliphatic rings. The number of thiazole rings is 1. The van der Waals surface area contributed by atoms with Gasteiger partial charge in [-0.25, -0.2) is 4.98 Å². The first-order chi connectivity index (χ1) is 15.9. The average molecular weight is 510 g/mol. The molecule has 1 aromatic heterocycles. The van der Waals surface area contributed by atoms with Gasteiger partial charge in [0.05, 0.1) is 47.4 Å². The van der Waals surface area contributed by atoms with Crippen LogP contribution in [-0.4, -0.2) is 53.9 Å². The molecule has 1 amide bonds. The van der Waals surface area contributed by atoms with Crippen LogP contribution in [0.2, 0.25) is 0 Å². The molecule has 1 aliphatic carbocycles. The first-order valence-corrected chi connectivity index (χ1v) is 12.3. The lowest BCUT2D eigenvalue weighted by molar-refractivity contribution is -0.147. The van der Waals surface area contributed by atoms with Crippen molar-refractivity contribution in [3.05, 3.63) is 35.0 Å². The summed E-state index contributed by atoms with van der Waals surface area (Å²) in [6, 6.07) is 5.66. The maximum Gasteiger partial charge on any atom is 0.308 e. The summed E-state index contributed by atoms with van der Waals surface area (Å²) in [7, 11) is 1.43. The Morgan fingerprint density at radius 2 is 2.03 bits per heavy atom. The van der Waals surface area contributed by atoms with Crippen molar-refractivity contribution in [2.24, 2.45) is 5.92 Å². The Balaban J connectivity index is 0.00000324. The Kier molecular flexibility index (Phi) is 9.30. The molecule has 2 atom stereocenters. The summed E-state index contributed by atoms with van der Waals surface area (Å²) in [6.07, 6.45) is 2.98. The Morgan fingerprint density at radius 1 is 1.26 bits per heavy atom. The summed E-state index contributed by atoms with van der Waals surface area (Å²) in [5.41, 5.74) is 4.72. The van der Waals surface area contributed by atoms with Crippen molar-refractivity contribution in [2.45, 2.75) is 63.8 Å². The Labute approximate surface area is 209 Å². The topological polar surface area (TPSA) is 110 Å². The molecule has 0 radical (unpaired) electrons. The number of aryl methyl sites for hydroxylation is 1. The van der Waals surface area contributed by atoms with E-state index in [-0.39, 0.29) is 42.3 Å². The maximum absolute atomic E-state index is 12.5. The summed E-state index contributed by atoms with van der Waals surface area (Å²) < 4.78 is 11.3. The highest BCUT2D eigenvalue weighted by Crippen LogP contribution is 2.34. The molecule has 1 aromatic carbocycles. The van der Waals surface area contributed by atoms with Crippen LogP contribution in [0.3, 0.4) is 0 Å². The van der Waals surface area contributed by atoms with E-state index in [2.05, 4.69) is 15.6 Å². The number of rotatable bonds is 7. The molecule has 1 aliphatic heterocycles. The van der Waals surface area contributed by atoms with Crippen LogP contribution in [0.5, 0.6) is 5.75 Å². The van der Waals surface area contributed by atoms with E-state index in [1.54, 1.807) is 11.3 Å². The van der Waals surface area contributed by atoms with Crippen LogP contribution in [0.25, 0.3) is 10.4 Å². The summed E-state index contributed by atoms with van der Waals surface area (Å²) in [4.78, 5) is 29.8. The molecule has 10 heteroatoms. The third kappa shape index (κ3) is 6.27. The molecular formula is C24H32ClN3O5S. The number of hydrogen-bond acceptors (Lipinski definition) is 8. The van der Waals surface area contributed by atoms with Gasteiger partial charge in [0.2, 0.25) is 5.91 Å². The number of nitrogens with zero attached hydrogens (tertiary/aromatic N) is 1. The van der Waals surface area contributed by atoms with Crippen LogP contribution >= 0.6 is 23.7 Å². The third-order valence-electron chi connectivity index (χ3n) is 6.45. The molecule has 0 bridgehead atoms. The Hall–Kier alpha value is -2.20. The largest absolute Gasteiger partial charge is 0.490 e. The first kappa shape index (κ1) is 26.4. The molecule has 0 unspecified atom stereocenters. The second kappa shape index (κ2) is 12.0. The lowest BCUT2D eigenvalue weighted by Crippen LogP contribution is -2.40. The van der Waals surface area contributed by atoms with E-state index in [1.165, 1.54) is 7.11 Å². The van der Waals surface area contributed by atoms with Crippen molar-refractivity contribution < 1.29 is 24.2 Å². The fourth-order valence-corrected chi connectivity index (χ4v) is 5.32. The van der Waals surface area contributed by atoms with Crippen molar-refractivity contribution in [3.63, 3.8) is 0 Å². The molecule has 186 valence electrons. The molecule has 3 N–H and O–H groups in total. The smallest absolute Gasteiger partial charge is 0.308 e. The lowest BCUT2D eigenvalue weighted by atomic mass is 9.87. The number of esters is 1. The molecule has 2 heterocycles. The molecule has 34 heavy (non-hydrogen) atoms. The number of benzene rings is 1. The van der Waals surface area contributed by atoms with Gasteiger partial charge < -0.3 is 25.2 Å². The number of carbonyl (C=O) groups is 2. The van der Waals surface area contributed by atoms with E-state index in [0.717, 1.165) is 53.1 Å². The van der Waals surface area contributed by atoms with Gasteiger partial charge in [-0.3, -0.25) is 9.59 Å². The Bertz CT molecular complexity index is 993. The van der Waals surface area contributed by atoms with E-state index in [9.17, 15) is 14.7 Å². The first-order valence-electron chi connectivity index (χ1n) is 11.4. The average Bonchev–Trinajstić information content (AvgIpc) is 3.46. The lowest BCUT2D eigenvalue weighted by Gasteiger charge is -2.28. The fourth-order valence-electron chi connectivity index (χ4n) is 4.52. The number of methoxy groups -OCH3 is 1. The van der Waals surface area contributed by atoms with E-state index < -0.39 is 6.10 Å². The van der Waals surface area contributed by atoms with Crippen LogP contribution in [0.1, 0.15) is 43.4 Å². The fraction of sp³-hybridized carbons (Fsp3) is 0.542. The number of halogens is 1. The van der Waals surface area contributed by atoms with Crippen molar-refractivity contribution in [2.75, 3.05) is 13.7 Å². The molecule has 0 spiro atoms. The summed E-state index contributed by atoms with van der Waals surface area (Å²) in [6.45, 7) is 2.75.